The van der Waals surface area contributed by atoms with Gasteiger partial charge in [-0.3, -0.25) is 0 Å². The van der Waals surface area contributed by atoms with Crippen molar-refractivity contribution in [1.29, 1.82) is 0 Å². The third-order valence-corrected chi connectivity index (χ3v) is 7.48. The number of alkyl halides is 3. The van der Waals surface area contributed by atoms with Crippen molar-refractivity contribution in [2.45, 2.75) is 36.5 Å². The smallest absolute Gasteiger partial charge is 0.394 e. The van der Waals surface area contributed by atoms with Crippen LogP contribution >= 0.6 is 0 Å². The lowest BCUT2D eigenvalue weighted by atomic mass is 10.0. The van der Waals surface area contributed by atoms with E-state index in [1.807, 2.05) is 16.8 Å². The molecule has 0 spiro atoms. The molecule has 0 amide bonds. The van der Waals surface area contributed by atoms with Gasteiger partial charge in [0.1, 0.15) is 22.9 Å². The van der Waals surface area contributed by atoms with Crippen LogP contribution in [-0.2, 0) is 22.8 Å². The number of halogens is 3. The first-order chi connectivity index (χ1) is 18.5. The Morgan fingerprint density at radius 2 is 2.08 bits per heavy atom. The van der Waals surface area contributed by atoms with E-state index >= 15 is 0 Å². The lowest BCUT2D eigenvalue weighted by Crippen LogP contribution is -2.23. The second-order valence-corrected chi connectivity index (χ2v) is 11.1. The largest absolute Gasteiger partial charge is 0.495 e. The summed E-state index contributed by atoms with van der Waals surface area (Å²) in [5.74, 6) is 6.77. The van der Waals surface area contributed by atoms with E-state index in [9.17, 15) is 21.6 Å². The number of rotatable bonds is 6. The van der Waals surface area contributed by atoms with Crippen LogP contribution in [0.1, 0.15) is 29.4 Å². The molecule has 1 atom stereocenters. The SMILES string of the molecule is COc1cc(S(C)(=O)=O)ccc1NCC#Cc1nc2c([C@@H]3CCn4nccc4N3)cccn2c1CC(F)(F)F. The Morgan fingerprint density at radius 3 is 2.82 bits per heavy atom. The Bertz CT molecular complexity index is 1700. The van der Waals surface area contributed by atoms with Crippen molar-refractivity contribution in [2.24, 2.45) is 0 Å². The van der Waals surface area contributed by atoms with Gasteiger partial charge in [-0.25, -0.2) is 18.1 Å². The first kappa shape index (κ1) is 26.4. The molecule has 0 saturated carbocycles. The number of hydrogen-bond donors (Lipinski definition) is 2. The summed E-state index contributed by atoms with van der Waals surface area (Å²) in [7, 11) is -2.01. The van der Waals surface area contributed by atoms with Crippen LogP contribution in [0, 0.1) is 11.8 Å². The summed E-state index contributed by atoms with van der Waals surface area (Å²) >= 11 is 0. The van der Waals surface area contributed by atoms with Crippen molar-refractivity contribution in [3.8, 4) is 17.6 Å². The lowest BCUT2D eigenvalue weighted by Gasteiger charge is -2.26. The van der Waals surface area contributed by atoms with E-state index in [0.29, 0.717) is 30.0 Å². The van der Waals surface area contributed by atoms with Crippen LogP contribution in [0.15, 0.2) is 53.7 Å². The molecule has 5 rings (SSSR count). The zero-order chi connectivity index (χ0) is 27.8. The van der Waals surface area contributed by atoms with E-state index in [2.05, 4.69) is 32.6 Å². The van der Waals surface area contributed by atoms with Gasteiger partial charge in [-0.05, 0) is 30.5 Å². The maximum absolute atomic E-state index is 13.5. The third kappa shape index (κ3) is 5.65. The molecular weight excluding hydrogens is 533 g/mol. The monoisotopic (exact) mass is 558 g/mol. The van der Waals surface area contributed by atoms with Gasteiger partial charge in [0.2, 0.25) is 0 Å². The second kappa shape index (κ2) is 10.2. The minimum atomic E-state index is -4.45. The van der Waals surface area contributed by atoms with Gasteiger partial charge in [0.15, 0.2) is 9.84 Å². The summed E-state index contributed by atoms with van der Waals surface area (Å²) in [6.07, 6.45) is -0.581. The first-order valence-electron chi connectivity index (χ1n) is 12.0. The van der Waals surface area contributed by atoms with Crippen LogP contribution < -0.4 is 15.4 Å². The van der Waals surface area contributed by atoms with Crippen LogP contribution in [0.25, 0.3) is 5.65 Å². The van der Waals surface area contributed by atoms with Gasteiger partial charge in [-0.2, -0.15) is 18.3 Å². The van der Waals surface area contributed by atoms with Gasteiger partial charge in [-0.15, -0.1) is 0 Å². The number of sulfone groups is 1. The van der Waals surface area contributed by atoms with Gasteiger partial charge >= 0.3 is 6.18 Å². The number of aryl methyl sites for hydroxylation is 1. The van der Waals surface area contributed by atoms with Crippen LogP contribution in [-0.4, -0.2) is 53.7 Å². The number of hydrogen-bond acceptors (Lipinski definition) is 7. The van der Waals surface area contributed by atoms with Crippen molar-refractivity contribution in [2.75, 3.05) is 30.5 Å². The Labute approximate surface area is 222 Å². The number of nitrogens with zero attached hydrogens (tertiary/aromatic N) is 4. The molecule has 204 valence electrons. The van der Waals surface area contributed by atoms with Gasteiger partial charge in [0.25, 0.3) is 0 Å². The minimum absolute atomic E-state index is 0.0391. The number of anilines is 2. The van der Waals surface area contributed by atoms with Crippen LogP contribution in [0.3, 0.4) is 0 Å². The van der Waals surface area contributed by atoms with Crippen LogP contribution in [0.4, 0.5) is 24.7 Å². The van der Waals surface area contributed by atoms with Crippen molar-refractivity contribution in [3.05, 3.63) is 65.7 Å². The summed E-state index contributed by atoms with van der Waals surface area (Å²) in [6, 6.07) is 9.64. The molecule has 13 heteroatoms. The molecule has 0 radical (unpaired) electrons. The summed E-state index contributed by atoms with van der Waals surface area (Å²) in [4.78, 5) is 4.64. The number of aromatic nitrogens is 4. The van der Waals surface area contributed by atoms with Crippen molar-refractivity contribution in [1.82, 2.24) is 19.2 Å². The normalized spacial score (nSPS) is 15.3. The number of benzene rings is 1. The quantitative estimate of drug-likeness (QED) is 0.344. The average molecular weight is 559 g/mol. The molecule has 39 heavy (non-hydrogen) atoms. The Morgan fingerprint density at radius 1 is 1.26 bits per heavy atom. The van der Waals surface area contributed by atoms with E-state index in [1.165, 1.54) is 23.6 Å². The Balaban J connectivity index is 1.44. The number of imidazole rings is 1. The molecule has 1 aliphatic heterocycles. The lowest BCUT2D eigenvalue weighted by molar-refractivity contribution is -0.128. The van der Waals surface area contributed by atoms with E-state index in [0.717, 1.165) is 17.6 Å². The van der Waals surface area contributed by atoms with Gasteiger partial charge in [0, 0.05) is 36.7 Å². The Kier molecular flexibility index (Phi) is 6.90. The predicted molar refractivity (Wildman–Crippen MR) is 140 cm³/mol. The van der Waals surface area contributed by atoms with Crippen LogP contribution in [0.5, 0.6) is 5.75 Å². The topological polar surface area (TPSA) is 103 Å². The molecule has 1 aliphatic rings. The zero-order valence-corrected chi connectivity index (χ0v) is 21.9. The molecule has 0 saturated heterocycles. The van der Waals surface area contributed by atoms with Crippen molar-refractivity contribution < 1.29 is 26.3 Å². The molecule has 3 aromatic heterocycles. The van der Waals surface area contributed by atoms with Gasteiger partial charge < -0.3 is 19.8 Å². The molecule has 1 aromatic carbocycles. The zero-order valence-electron chi connectivity index (χ0n) is 21.1. The second-order valence-electron chi connectivity index (χ2n) is 9.07. The van der Waals surface area contributed by atoms with Crippen molar-refractivity contribution >= 4 is 27.0 Å². The number of ether oxygens (including phenoxy) is 1. The Hall–Kier alpha value is -4.18. The highest BCUT2D eigenvalue weighted by molar-refractivity contribution is 7.90. The fraction of sp³-hybridized carbons (Fsp3) is 0.308. The summed E-state index contributed by atoms with van der Waals surface area (Å²) in [5, 5.41) is 10.6. The molecule has 4 aromatic rings. The number of pyridine rings is 1. The molecule has 0 fully saturated rings. The highest BCUT2D eigenvalue weighted by Crippen LogP contribution is 2.32. The predicted octanol–water partition coefficient (Wildman–Crippen LogP) is 4.07. The van der Waals surface area contributed by atoms with E-state index in [4.69, 9.17) is 4.74 Å². The number of methoxy groups -OCH3 is 1. The molecule has 0 bridgehead atoms. The maximum atomic E-state index is 13.5. The van der Waals surface area contributed by atoms with Gasteiger partial charge in [0.05, 0.1) is 48.6 Å². The minimum Gasteiger partial charge on any atom is -0.495 e. The molecule has 0 aliphatic carbocycles. The third-order valence-electron chi connectivity index (χ3n) is 6.37. The molecular formula is C26H25F3N6O3S. The van der Waals surface area contributed by atoms with Crippen LogP contribution in [0.2, 0.25) is 0 Å². The summed E-state index contributed by atoms with van der Waals surface area (Å²) in [6.45, 7) is 0.735. The van der Waals surface area contributed by atoms with E-state index in [-0.39, 0.29) is 28.9 Å². The van der Waals surface area contributed by atoms with E-state index < -0.39 is 22.4 Å². The molecule has 9 nitrogen and oxygen atoms in total. The maximum Gasteiger partial charge on any atom is 0.394 e. The highest BCUT2D eigenvalue weighted by Gasteiger charge is 2.32. The van der Waals surface area contributed by atoms with Gasteiger partial charge in [-0.1, -0.05) is 12.0 Å². The molecule has 4 heterocycles. The van der Waals surface area contributed by atoms with E-state index in [1.54, 1.807) is 24.5 Å². The summed E-state index contributed by atoms with van der Waals surface area (Å²) < 4.78 is 72.8. The molecule has 2 N–H and O–H groups in total. The number of fused-ring (bicyclic) bond motifs is 2. The highest BCUT2D eigenvalue weighted by atomic mass is 32.2. The number of nitrogens with one attached hydrogen (secondary N) is 2. The summed E-state index contributed by atoms with van der Waals surface area (Å²) in [5.41, 5.74) is 1.69. The van der Waals surface area contributed by atoms with Crippen molar-refractivity contribution in [3.63, 3.8) is 0 Å². The average Bonchev–Trinajstić information content (AvgIpc) is 3.49. The first-order valence-corrected chi connectivity index (χ1v) is 13.9. The fourth-order valence-corrected chi connectivity index (χ4v) is 5.19. The fourth-order valence-electron chi connectivity index (χ4n) is 4.55. The molecule has 0 unspecified atom stereocenters. The standard InChI is InChI=1S/C26H25F3N6O3S/c1-38-23-15-17(39(2,36)37)7-8-21(23)30-11-3-6-20-22(16-26(27,28)29)34-13-4-5-18(25(34)33-20)19-10-14-35-24(32-19)9-12-31-35/h4-5,7-9,12-13,15,19,30,32H,10-11,14,16H2,1-2H3/t19-/m0/s1.